The van der Waals surface area contributed by atoms with Crippen LogP contribution in [-0.2, 0) is 31.9 Å². The van der Waals surface area contributed by atoms with Crippen LogP contribution >= 0.6 is 11.3 Å². The van der Waals surface area contributed by atoms with Crippen LogP contribution in [-0.4, -0.2) is 53.8 Å². The van der Waals surface area contributed by atoms with Crippen LogP contribution in [0.2, 0.25) is 0 Å². The van der Waals surface area contributed by atoms with Gasteiger partial charge in [-0.25, -0.2) is 9.59 Å². The Morgan fingerprint density at radius 3 is 2.28 bits per heavy atom. The first kappa shape index (κ1) is 25.6. The molecule has 0 radical (unpaired) electrons. The van der Waals surface area contributed by atoms with E-state index in [1.54, 1.807) is 32.9 Å². The molecule has 190 valence electrons. The van der Waals surface area contributed by atoms with Gasteiger partial charge in [0.25, 0.3) is 17.7 Å². The van der Waals surface area contributed by atoms with Crippen LogP contribution in [0.15, 0.2) is 24.3 Å². The van der Waals surface area contributed by atoms with Crippen molar-refractivity contribution in [3.8, 4) is 0 Å². The second-order valence-corrected chi connectivity index (χ2v) is 10.1. The van der Waals surface area contributed by atoms with Gasteiger partial charge >= 0.3 is 11.9 Å². The molecule has 2 aliphatic rings. The lowest BCUT2D eigenvalue weighted by Crippen LogP contribution is -2.49. The van der Waals surface area contributed by atoms with Crippen LogP contribution < -0.4 is 5.32 Å². The van der Waals surface area contributed by atoms with Crippen LogP contribution in [0, 0.1) is 5.92 Å². The van der Waals surface area contributed by atoms with E-state index in [-0.39, 0.29) is 17.7 Å². The zero-order valence-corrected chi connectivity index (χ0v) is 21.2. The first-order chi connectivity index (χ1) is 17.2. The van der Waals surface area contributed by atoms with Gasteiger partial charge in [-0.05, 0) is 56.2 Å². The molecule has 10 heteroatoms. The molecular formula is C26H28N2O7S. The zero-order valence-electron chi connectivity index (χ0n) is 20.4. The Balaban J connectivity index is 1.46. The SMILES string of the molecule is CCOC(=O)c1c(NC(=O)COC(=O)[C@@H](C(C)C)N2C(=O)c3ccccc3C2=O)sc2c1CCCC2. The normalized spacial score (nSPS) is 15.4. The van der Waals surface area contributed by atoms with Gasteiger partial charge in [0.15, 0.2) is 6.61 Å². The topological polar surface area (TPSA) is 119 Å². The fourth-order valence-corrected chi connectivity index (χ4v) is 5.89. The molecule has 1 aliphatic heterocycles. The summed E-state index contributed by atoms with van der Waals surface area (Å²) in [7, 11) is 0. The number of ether oxygens (including phenoxy) is 2. The first-order valence-corrected chi connectivity index (χ1v) is 12.8. The van der Waals surface area contributed by atoms with Crippen molar-refractivity contribution in [2.75, 3.05) is 18.5 Å². The molecule has 0 saturated carbocycles. The summed E-state index contributed by atoms with van der Waals surface area (Å²) in [5.74, 6) is -3.56. The van der Waals surface area contributed by atoms with E-state index in [2.05, 4.69) is 5.32 Å². The number of aryl methyl sites for hydroxylation is 1. The minimum atomic E-state index is -1.19. The second-order valence-electron chi connectivity index (χ2n) is 9.01. The highest BCUT2D eigenvalue weighted by Crippen LogP contribution is 2.38. The molecule has 1 N–H and O–H groups in total. The quantitative estimate of drug-likeness (QED) is 0.424. The van der Waals surface area contributed by atoms with E-state index in [4.69, 9.17) is 9.47 Å². The van der Waals surface area contributed by atoms with Crippen molar-refractivity contribution in [3.63, 3.8) is 0 Å². The fraction of sp³-hybridized carbons (Fsp3) is 0.423. The van der Waals surface area contributed by atoms with Crippen molar-refractivity contribution < 1.29 is 33.4 Å². The number of hydrogen-bond donors (Lipinski definition) is 1. The average molecular weight is 513 g/mol. The standard InChI is InChI=1S/C26H28N2O7S/c1-4-34-25(32)20-17-11-7-8-12-18(17)36-22(20)27-19(29)13-35-26(33)21(14(2)3)28-23(30)15-9-5-6-10-16(15)24(28)31/h5-6,9-10,14,21H,4,7-8,11-13H2,1-3H3,(H,27,29)/t21-/m1/s1. The number of hydrogen-bond acceptors (Lipinski definition) is 8. The van der Waals surface area contributed by atoms with Gasteiger partial charge in [0.05, 0.1) is 23.3 Å². The number of fused-ring (bicyclic) bond motifs is 2. The van der Waals surface area contributed by atoms with Gasteiger partial charge in [-0.3, -0.25) is 19.3 Å². The second kappa shape index (κ2) is 10.6. The number of esters is 2. The molecule has 2 aromatic rings. The van der Waals surface area contributed by atoms with Crippen LogP contribution in [0.25, 0.3) is 0 Å². The minimum absolute atomic E-state index is 0.211. The number of carbonyl (C=O) groups is 5. The van der Waals surface area contributed by atoms with E-state index in [9.17, 15) is 24.0 Å². The summed E-state index contributed by atoms with van der Waals surface area (Å²) in [6, 6.07) is 5.18. The smallest absolute Gasteiger partial charge is 0.341 e. The number of thiophene rings is 1. The Morgan fingerprint density at radius 2 is 1.67 bits per heavy atom. The Hall–Kier alpha value is -3.53. The maximum Gasteiger partial charge on any atom is 0.341 e. The fourth-order valence-electron chi connectivity index (χ4n) is 4.59. The zero-order chi connectivity index (χ0) is 26.0. The summed E-state index contributed by atoms with van der Waals surface area (Å²) < 4.78 is 10.4. The first-order valence-electron chi connectivity index (χ1n) is 12.0. The Labute approximate surface area is 212 Å². The summed E-state index contributed by atoms with van der Waals surface area (Å²) >= 11 is 1.33. The van der Waals surface area contributed by atoms with E-state index in [1.807, 2.05) is 0 Å². The third-order valence-corrected chi connectivity index (χ3v) is 7.43. The van der Waals surface area contributed by atoms with Gasteiger partial charge in [-0.15, -0.1) is 11.3 Å². The molecule has 1 atom stereocenters. The number of rotatable bonds is 8. The Kier molecular flexibility index (Phi) is 7.53. The van der Waals surface area contributed by atoms with Gasteiger partial charge < -0.3 is 14.8 Å². The average Bonchev–Trinajstić information content (AvgIpc) is 3.33. The van der Waals surface area contributed by atoms with Crippen LogP contribution in [0.5, 0.6) is 0 Å². The predicted molar refractivity (Wildman–Crippen MR) is 132 cm³/mol. The van der Waals surface area contributed by atoms with Crippen LogP contribution in [0.4, 0.5) is 5.00 Å². The highest BCUT2D eigenvalue weighted by atomic mass is 32.1. The molecule has 36 heavy (non-hydrogen) atoms. The largest absolute Gasteiger partial charge is 0.462 e. The predicted octanol–water partition coefficient (Wildman–Crippen LogP) is 3.61. The van der Waals surface area contributed by atoms with Crippen LogP contribution in [0.1, 0.15) is 75.1 Å². The minimum Gasteiger partial charge on any atom is -0.462 e. The number of nitrogens with one attached hydrogen (secondary N) is 1. The van der Waals surface area contributed by atoms with Crippen molar-refractivity contribution in [2.24, 2.45) is 5.92 Å². The summed E-state index contributed by atoms with van der Waals surface area (Å²) in [6.07, 6.45) is 3.53. The van der Waals surface area contributed by atoms with E-state index in [1.165, 1.54) is 23.5 Å². The van der Waals surface area contributed by atoms with E-state index in [0.717, 1.165) is 41.0 Å². The van der Waals surface area contributed by atoms with E-state index >= 15 is 0 Å². The molecule has 9 nitrogen and oxygen atoms in total. The number of amides is 3. The van der Waals surface area contributed by atoms with Gasteiger partial charge in [-0.2, -0.15) is 0 Å². The summed E-state index contributed by atoms with van der Waals surface area (Å²) in [6.45, 7) is 4.68. The molecule has 1 aliphatic carbocycles. The number of anilines is 1. The molecule has 0 fully saturated rings. The number of nitrogens with zero attached hydrogens (tertiary/aromatic N) is 1. The molecule has 1 aromatic heterocycles. The van der Waals surface area contributed by atoms with Gasteiger partial charge in [-0.1, -0.05) is 26.0 Å². The van der Waals surface area contributed by atoms with Gasteiger partial charge in [0.2, 0.25) is 0 Å². The van der Waals surface area contributed by atoms with Crippen molar-refractivity contribution in [2.45, 2.75) is 52.5 Å². The molecule has 0 unspecified atom stereocenters. The molecular weight excluding hydrogens is 484 g/mol. The van der Waals surface area contributed by atoms with Gasteiger partial charge in [0.1, 0.15) is 11.0 Å². The highest BCUT2D eigenvalue weighted by Gasteiger charge is 2.44. The van der Waals surface area contributed by atoms with Gasteiger partial charge in [0, 0.05) is 4.88 Å². The maximum atomic E-state index is 13.0. The third-order valence-electron chi connectivity index (χ3n) is 6.23. The number of benzene rings is 1. The lowest BCUT2D eigenvalue weighted by atomic mass is 9.95. The summed E-state index contributed by atoms with van der Waals surface area (Å²) in [5, 5.41) is 3.06. The lowest BCUT2D eigenvalue weighted by molar-refractivity contribution is -0.152. The summed E-state index contributed by atoms with van der Waals surface area (Å²) in [5.41, 5.74) is 1.73. The summed E-state index contributed by atoms with van der Waals surface area (Å²) in [4.78, 5) is 65.9. The monoisotopic (exact) mass is 512 g/mol. The molecule has 3 amide bonds. The van der Waals surface area contributed by atoms with Crippen molar-refractivity contribution >= 4 is 46.0 Å². The Morgan fingerprint density at radius 1 is 1.03 bits per heavy atom. The molecule has 0 saturated heterocycles. The molecule has 0 bridgehead atoms. The number of imide groups is 1. The maximum absolute atomic E-state index is 13.0. The third kappa shape index (κ3) is 4.77. The van der Waals surface area contributed by atoms with Crippen molar-refractivity contribution in [3.05, 3.63) is 51.4 Å². The van der Waals surface area contributed by atoms with E-state index < -0.39 is 48.2 Å². The van der Waals surface area contributed by atoms with Crippen molar-refractivity contribution in [1.82, 2.24) is 4.90 Å². The highest BCUT2D eigenvalue weighted by molar-refractivity contribution is 7.17. The molecule has 4 rings (SSSR count). The molecule has 1 aromatic carbocycles. The van der Waals surface area contributed by atoms with E-state index in [0.29, 0.717) is 10.6 Å². The number of carbonyl (C=O) groups excluding carboxylic acids is 5. The Bertz CT molecular complexity index is 1200. The molecule has 2 heterocycles. The lowest BCUT2D eigenvalue weighted by Gasteiger charge is -2.27. The molecule has 0 spiro atoms. The van der Waals surface area contributed by atoms with Crippen LogP contribution in [0.3, 0.4) is 0 Å². The van der Waals surface area contributed by atoms with Crippen molar-refractivity contribution in [1.29, 1.82) is 0 Å².